The number of hydrogen-bond acceptors (Lipinski definition) is 2. The van der Waals surface area contributed by atoms with Crippen LogP contribution in [0.3, 0.4) is 0 Å². The van der Waals surface area contributed by atoms with E-state index in [-0.39, 0.29) is 4.90 Å². The molecule has 1 N–H and O–H groups in total. The minimum Gasteiger partial charge on any atom is -0.282 e. The van der Waals surface area contributed by atoms with Gasteiger partial charge in [-0.1, -0.05) is 59.9 Å². The molecule has 0 saturated heterocycles. The van der Waals surface area contributed by atoms with Gasteiger partial charge in [-0.3, -0.25) is 4.55 Å². The first-order chi connectivity index (χ1) is 7.03. The van der Waals surface area contributed by atoms with Crippen LogP contribution in [0.2, 0.25) is 0 Å². The molecule has 0 aliphatic heterocycles. The summed E-state index contributed by atoms with van der Waals surface area (Å²) in [5.74, 6) is 0. The van der Waals surface area contributed by atoms with Gasteiger partial charge in [0.2, 0.25) is 0 Å². The van der Waals surface area contributed by atoms with Crippen molar-refractivity contribution < 1.29 is 13.0 Å². The maximum Gasteiger partial charge on any atom is 0.295 e. The lowest BCUT2D eigenvalue weighted by Gasteiger charge is -2.16. The summed E-state index contributed by atoms with van der Waals surface area (Å²) in [6.07, 6.45) is 0. The first kappa shape index (κ1) is 14.6. The molecule has 3 nitrogen and oxygen atoms in total. The molecular formula is C9H9Br3O3S. The van der Waals surface area contributed by atoms with Crippen LogP contribution < -0.4 is 0 Å². The average Bonchev–Trinajstić information content (AvgIpc) is 1.97. The van der Waals surface area contributed by atoms with Crippen LogP contribution in [0.4, 0.5) is 0 Å². The Hall–Kier alpha value is 0.570. The van der Waals surface area contributed by atoms with Crippen molar-refractivity contribution in [3.05, 3.63) is 28.8 Å². The molecule has 0 aliphatic carbocycles. The zero-order valence-corrected chi connectivity index (χ0v) is 14.0. The van der Waals surface area contributed by atoms with Crippen molar-refractivity contribution in [1.82, 2.24) is 0 Å². The Morgan fingerprint density at radius 2 is 1.50 bits per heavy atom. The van der Waals surface area contributed by atoms with Gasteiger partial charge in [-0.05, 0) is 30.5 Å². The number of alkyl halides is 3. The molecule has 0 saturated carbocycles. The summed E-state index contributed by atoms with van der Waals surface area (Å²) < 4.78 is 30.8. The van der Waals surface area contributed by atoms with Crippen molar-refractivity contribution in [2.45, 2.75) is 20.9 Å². The highest BCUT2D eigenvalue weighted by Crippen LogP contribution is 2.45. The van der Waals surface area contributed by atoms with Gasteiger partial charge in [-0.15, -0.1) is 0 Å². The van der Waals surface area contributed by atoms with E-state index < -0.39 is 12.3 Å². The lowest BCUT2D eigenvalue weighted by Crippen LogP contribution is -2.07. The maximum atomic E-state index is 11.2. The largest absolute Gasteiger partial charge is 0.295 e. The molecule has 0 fully saturated rings. The summed E-state index contributed by atoms with van der Waals surface area (Å²) in [5.41, 5.74) is 1.82. The van der Waals surface area contributed by atoms with Gasteiger partial charge in [-0.2, -0.15) is 8.42 Å². The van der Waals surface area contributed by atoms with Crippen LogP contribution in [-0.4, -0.2) is 13.0 Å². The zero-order chi connectivity index (χ0) is 12.7. The van der Waals surface area contributed by atoms with Gasteiger partial charge in [0.15, 0.2) is 2.14 Å². The molecule has 0 heterocycles. The van der Waals surface area contributed by atoms with E-state index in [1.807, 2.05) is 0 Å². The van der Waals surface area contributed by atoms with Crippen LogP contribution >= 0.6 is 47.8 Å². The number of benzene rings is 1. The topological polar surface area (TPSA) is 54.4 Å². The van der Waals surface area contributed by atoms with Gasteiger partial charge in [0.25, 0.3) is 10.1 Å². The average molecular weight is 437 g/mol. The Kier molecular flexibility index (Phi) is 4.28. The summed E-state index contributed by atoms with van der Waals surface area (Å²) in [4.78, 5) is -0.0343. The zero-order valence-electron chi connectivity index (χ0n) is 8.46. The molecule has 0 spiro atoms. The molecule has 1 rings (SSSR count). The standard InChI is InChI=1S/C9H9Br3O3S/c1-5-3-7(9(10,11)12)4-6(2)8(5)16(13,14)15/h3-4H,1-2H3,(H,13,14,15). The quantitative estimate of drug-likeness (QED) is 0.537. The van der Waals surface area contributed by atoms with E-state index in [9.17, 15) is 8.42 Å². The Labute approximate surface area is 120 Å². The molecule has 0 radical (unpaired) electrons. The fourth-order valence-electron chi connectivity index (χ4n) is 1.52. The third-order valence-corrected chi connectivity index (χ3v) is 4.58. The molecule has 16 heavy (non-hydrogen) atoms. The van der Waals surface area contributed by atoms with E-state index in [2.05, 4.69) is 47.8 Å². The second-order valence-electron chi connectivity index (χ2n) is 3.41. The lowest BCUT2D eigenvalue weighted by atomic mass is 10.1. The molecule has 90 valence electrons. The number of halogens is 3. The fourth-order valence-corrected chi connectivity index (χ4v) is 3.14. The summed E-state index contributed by atoms with van der Waals surface area (Å²) in [5, 5.41) is 0. The summed E-state index contributed by atoms with van der Waals surface area (Å²) in [6, 6.07) is 3.35. The SMILES string of the molecule is Cc1cc(C(Br)(Br)Br)cc(C)c1S(=O)(=O)O. The van der Waals surface area contributed by atoms with Crippen molar-refractivity contribution >= 4 is 57.9 Å². The van der Waals surface area contributed by atoms with Crippen LogP contribution in [0.25, 0.3) is 0 Å². The highest BCUT2D eigenvalue weighted by Gasteiger charge is 2.25. The molecule has 0 amide bonds. The van der Waals surface area contributed by atoms with Gasteiger partial charge in [-0.25, -0.2) is 0 Å². The summed E-state index contributed by atoms with van der Waals surface area (Å²) in [7, 11) is -4.17. The molecular weight excluding hydrogens is 428 g/mol. The first-order valence-electron chi connectivity index (χ1n) is 4.19. The van der Waals surface area contributed by atoms with E-state index in [0.717, 1.165) is 5.56 Å². The Morgan fingerprint density at radius 3 is 1.75 bits per heavy atom. The molecule has 0 atom stereocenters. The minimum absolute atomic E-state index is 0.0343. The molecule has 1 aromatic carbocycles. The van der Waals surface area contributed by atoms with Crippen LogP contribution in [0, 0.1) is 13.8 Å². The smallest absolute Gasteiger partial charge is 0.282 e. The monoisotopic (exact) mass is 434 g/mol. The predicted octanol–water partition coefficient (Wildman–Crippen LogP) is 3.85. The van der Waals surface area contributed by atoms with Crippen molar-refractivity contribution in [1.29, 1.82) is 0 Å². The fraction of sp³-hybridized carbons (Fsp3) is 0.333. The summed E-state index contributed by atoms with van der Waals surface area (Å²) in [6.45, 7) is 3.27. The third-order valence-electron chi connectivity index (χ3n) is 2.05. The van der Waals surface area contributed by atoms with Crippen LogP contribution in [0.1, 0.15) is 16.7 Å². The maximum absolute atomic E-state index is 11.2. The van der Waals surface area contributed by atoms with Gasteiger partial charge < -0.3 is 0 Å². The van der Waals surface area contributed by atoms with Gasteiger partial charge in [0, 0.05) is 0 Å². The Balaban J connectivity index is 3.53. The number of hydrogen-bond donors (Lipinski definition) is 1. The van der Waals surface area contributed by atoms with E-state index in [1.165, 1.54) is 0 Å². The van der Waals surface area contributed by atoms with E-state index in [4.69, 9.17) is 4.55 Å². The second-order valence-corrected chi connectivity index (χ2v) is 11.5. The normalized spacial score (nSPS) is 12.9. The summed E-state index contributed by atoms with van der Waals surface area (Å²) >= 11 is 10.1. The molecule has 0 bridgehead atoms. The highest BCUT2D eigenvalue weighted by molar-refractivity contribution is 9.38. The molecule has 7 heteroatoms. The molecule has 1 aromatic rings. The van der Waals surface area contributed by atoms with E-state index >= 15 is 0 Å². The first-order valence-corrected chi connectivity index (χ1v) is 8.01. The highest BCUT2D eigenvalue weighted by atomic mass is 80.0. The van der Waals surface area contributed by atoms with Crippen molar-refractivity contribution in [2.75, 3.05) is 0 Å². The molecule has 0 unspecified atom stereocenters. The van der Waals surface area contributed by atoms with Crippen LogP contribution in [0.15, 0.2) is 17.0 Å². The lowest BCUT2D eigenvalue weighted by molar-refractivity contribution is 0.482. The molecule has 0 aliphatic rings. The second kappa shape index (κ2) is 4.68. The van der Waals surface area contributed by atoms with Crippen molar-refractivity contribution in [3.63, 3.8) is 0 Å². The Bertz CT molecular complexity index is 494. The van der Waals surface area contributed by atoms with Crippen molar-refractivity contribution in [3.8, 4) is 0 Å². The van der Waals surface area contributed by atoms with Crippen LogP contribution in [0.5, 0.6) is 0 Å². The van der Waals surface area contributed by atoms with Crippen LogP contribution in [-0.2, 0) is 12.3 Å². The van der Waals surface area contributed by atoms with Gasteiger partial charge >= 0.3 is 0 Å². The van der Waals surface area contributed by atoms with E-state index in [1.54, 1.807) is 26.0 Å². The minimum atomic E-state index is -4.17. The third kappa shape index (κ3) is 3.29. The Morgan fingerprint density at radius 1 is 1.12 bits per heavy atom. The predicted molar refractivity (Wildman–Crippen MR) is 74.2 cm³/mol. The number of rotatable bonds is 1. The number of aryl methyl sites for hydroxylation is 2. The van der Waals surface area contributed by atoms with E-state index in [0.29, 0.717) is 11.1 Å². The molecule has 0 aromatic heterocycles. The van der Waals surface area contributed by atoms with Crippen molar-refractivity contribution in [2.24, 2.45) is 0 Å². The van der Waals surface area contributed by atoms with Gasteiger partial charge in [0.05, 0.1) is 4.90 Å². The van der Waals surface area contributed by atoms with Gasteiger partial charge in [0.1, 0.15) is 0 Å².